The largest absolute Gasteiger partial charge is 0.389 e. The van der Waals surface area contributed by atoms with Crippen molar-refractivity contribution in [2.45, 2.75) is 44.3 Å². The molecule has 0 aromatic heterocycles. The second kappa shape index (κ2) is 3.06. The van der Waals surface area contributed by atoms with Crippen LogP contribution in [0.5, 0.6) is 0 Å². The normalized spacial score (nSPS) is 52.6. The molecule has 1 heterocycles. The van der Waals surface area contributed by atoms with E-state index in [1.807, 2.05) is 0 Å². The first-order valence-electron chi connectivity index (χ1n) is 3.81. The zero-order chi connectivity index (χ0) is 8.59. The lowest BCUT2D eigenvalue weighted by Gasteiger charge is -2.38. The van der Waals surface area contributed by atoms with Crippen LogP contribution in [0.2, 0.25) is 0 Å². The van der Waals surface area contributed by atoms with Gasteiger partial charge in [-0.25, -0.2) is 0 Å². The molecule has 0 bridgehead atoms. The summed E-state index contributed by atoms with van der Waals surface area (Å²) in [6.45, 7) is 3.49. The van der Waals surface area contributed by atoms with Crippen LogP contribution in [0.25, 0.3) is 0 Å². The van der Waals surface area contributed by atoms with E-state index < -0.39 is 18.2 Å². The van der Waals surface area contributed by atoms with Crippen molar-refractivity contribution in [3.05, 3.63) is 0 Å². The monoisotopic (exact) mass is 161 g/mol. The SMILES string of the molecule is C[C@@H]1O[C@H](C)[C@@H](O)C(N)[C@H]1O. The van der Waals surface area contributed by atoms with Gasteiger partial charge in [0.05, 0.1) is 30.5 Å². The Bertz CT molecular complexity index is 128. The molecule has 0 amide bonds. The van der Waals surface area contributed by atoms with Gasteiger partial charge in [0.1, 0.15) is 0 Å². The fraction of sp³-hybridized carbons (Fsp3) is 1.00. The highest BCUT2D eigenvalue weighted by molar-refractivity contribution is 4.91. The summed E-state index contributed by atoms with van der Waals surface area (Å²) in [4.78, 5) is 0. The summed E-state index contributed by atoms with van der Waals surface area (Å²) < 4.78 is 5.20. The summed E-state index contributed by atoms with van der Waals surface area (Å²) in [6, 6.07) is -0.589. The highest BCUT2D eigenvalue weighted by Crippen LogP contribution is 2.18. The summed E-state index contributed by atoms with van der Waals surface area (Å²) in [5.74, 6) is 0. The number of hydrogen-bond donors (Lipinski definition) is 3. The Morgan fingerprint density at radius 3 is 1.82 bits per heavy atom. The first-order chi connectivity index (χ1) is 5.04. The molecule has 4 N–H and O–H groups in total. The summed E-state index contributed by atoms with van der Waals surface area (Å²) in [6.07, 6.45) is -2.10. The maximum absolute atomic E-state index is 9.32. The van der Waals surface area contributed by atoms with E-state index in [-0.39, 0.29) is 12.2 Å². The van der Waals surface area contributed by atoms with Crippen LogP contribution in [0.15, 0.2) is 0 Å². The van der Waals surface area contributed by atoms with Crippen molar-refractivity contribution in [3.63, 3.8) is 0 Å². The van der Waals surface area contributed by atoms with E-state index >= 15 is 0 Å². The standard InChI is InChI=1S/C7H15NO3/c1-3-6(9)5(8)7(10)4(2)11-3/h3-7,9-10H,8H2,1-2H3/t3-,4+,5?,6-,7+. The molecule has 66 valence electrons. The average Bonchev–Trinajstić information content (AvgIpc) is 1.97. The Morgan fingerprint density at radius 2 is 1.45 bits per heavy atom. The second-order valence-corrected chi connectivity index (χ2v) is 3.10. The third-order valence-electron chi connectivity index (χ3n) is 2.18. The molecule has 1 aliphatic heterocycles. The molecule has 0 radical (unpaired) electrons. The highest BCUT2D eigenvalue weighted by atomic mass is 16.5. The zero-order valence-corrected chi connectivity index (χ0v) is 6.77. The minimum absolute atomic E-state index is 0.289. The first kappa shape index (κ1) is 8.93. The smallest absolute Gasteiger partial charge is 0.0975 e. The third-order valence-corrected chi connectivity index (χ3v) is 2.18. The van der Waals surface area contributed by atoms with Gasteiger partial charge < -0.3 is 20.7 Å². The van der Waals surface area contributed by atoms with Crippen LogP contribution in [0.1, 0.15) is 13.8 Å². The zero-order valence-electron chi connectivity index (χ0n) is 6.77. The van der Waals surface area contributed by atoms with Crippen LogP contribution in [0.4, 0.5) is 0 Å². The molecular formula is C7H15NO3. The molecule has 4 nitrogen and oxygen atoms in total. The number of aliphatic hydroxyl groups is 2. The molecule has 0 aromatic carbocycles. The van der Waals surface area contributed by atoms with Crippen molar-refractivity contribution in [3.8, 4) is 0 Å². The molecule has 1 rings (SSSR count). The van der Waals surface area contributed by atoms with Gasteiger partial charge >= 0.3 is 0 Å². The van der Waals surface area contributed by atoms with E-state index in [1.165, 1.54) is 0 Å². The van der Waals surface area contributed by atoms with Gasteiger partial charge in [0.15, 0.2) is 0 Å². The van der Waals surface area contributed by atoms with Gasteiger partial charge in [0, 0.05) is 0 Å². The quantitative estimate of drug-likeness (QED) is 0.419. The van der Waals surface area contributed by atoms with Gasteiger partial charge in [-0.05, 0) is 13.8 Å². The molecule has 0 aromatic rings. The lowest BCUT2D eigenvalue weighted by Crippen LogP contribution is -2.59. The Kier molecular flexibility index (Phi) is 2.49. The molecule has 0 spiro atoms. The Balaban J connectivity index is 2.63. The van der Waals surface area contributed by atoms with E-state index in [2.05, 4.69) is 0 Å². The molecule has 0 saturated carbocycles. The van der Waals surface area contributed by atoms with Gasteiger partial charge in [-0.15, -0.1) is 0 Å². The van der Waals surface area contributed by atoms with Crippen LogP contribution in [0.3, 0.4) is 0 Å². The van der Waals surface area contributed by atoms with Crippen molar-refractivity contribution >= 4 is 0 Å². The van der Waals surface area contributed by atoms with E-state index in [0.29, 0.717) is 0 Å². The third kappa shape index (κ3) is 1.54. The predicted octanol–water partition coefficient (Wildman–Crippen LogP) is -1.16. The maximum Gasteiger partial charge on any atom is 0.0975 e. The summed E-state index contributed by atoms with van der Waals surface area (Å²) >= 11 is 0. The van der Waals surface area contributed by atoms with Crippen LogP contribution in [-0.2, 0) is 4.74 Å². The lowest BCUT2D eigenvalue weighted by molar-refractivity contribution is -0.165. The number of nitrogens with two attached hydrogens (primary N) is 1. The first-order valence-corrected chi connectivity index (χ1v) is 3.81. The molecular weight excluding hydrogens is 146 g/mol. The minimum atomic E-state index is -0.763. The van der Waals surface area contributed by atoms with Gasteiger partial charge in [-0.2, -0.15) is 0 Å². The van der Waals surface area contributed by atoms with E-state index in [0.717, 1.165) is 0 Å². The molecule has 1 fully saturated rings. The molecule has 0 aliphatic carbocycles. The molecule has 1 unspecified atom stereocenters. The van der Waals surface area contributed by atoms with Crippen molar-refractivity contribution in [1.82, 2.24) is 0 Å². The maximum atomic E-state index is 9.32. The van der Waals surface area contributed by atoms with Crippen LogP contribution < -0.4 is 5.73 Å². The molecule has 4 heteroatoms. The number of aliphatic hydroxyl groups excluding tert-OH is 2. The van der Waals surface area contributed by atoms with Gasteiger partial charge in [-0.1, -0.05) is 0 Å². The fourth-order valence-electron chi connectivity index (χ4n) is 1.33. The Labute approximate surface area is 66.0 Å². The second-order valence-electron chi connectivity index (χ2n) is 3.10. The van der Waals surface area contributed by atoms with Crippen molar-refractivity contribution < 1.29 is 14.9 Å². The summed E-state index contributed by atoms with van der Waals surface area (Å²) in [5.41, 5.74) is 5.52. The number of ether oxygens (including phenoxy) is 1. The van der Waals surface area contributed by atoms with Crippen molar-refractivity contribution in [2.75, 3.05) is 0 Å². The van der Waals surface area contributed by atoms with E-state index in [9.17, 15) is 10.2 Å². The van der Waals surface area contributed by atoms with Crippen LogP contribution >= 0.6 is 0 Å². The van der Waals surface area contributed by atoms with Crippen molar-refractivity contribution in [2.24, 2.45) is 5.73 Å². The topological polar surface area (TPSA) is 75.7 Å². The van der Waals surface area contributed by atoms with Crippen LogP contribution in [0, 0.1) is 0 Å². The summed E-state index contributed by atoms with van der Waals surface area (Å²) in [5, 5.41) is 18.6. The Hall–Kier alpha value is -0.160. The highest BCUT2D eigenvalue weighted by Gasteiger charge is 2.38. The fourth-order valence-corrected chi connectivity index (χ4v) is 1.33. The summed E-state index contributed by atoms with van der Waals surface area (Å²) in [7, 11) is 0. The van der Waals surface area contributed by atoms with Gasteiger partial charge in [-0.3, -0.25) is 0 Å². The van der Waals surface area contributed by atoms with E-state index in [1.54, 1.807) is 13.8 Å². The Morgan fingerprint density at radius 1 is 1.09 bits per heavy atom. The van der Waals surface area contributed by atoms with Gasteiger partial charge in [0.25, 0.3) is 0 Å². The number of rotatable bonds is 0. The average molecular weight is 161 g/mol. The molecule has 11 heavy (non-hydrogen) atoms. The molecule has 1 aliphatic rings. The van der Waals surface area contributed by atoms with Crippen molar-refractivity contribution in [1.29, 1.82) is 0 Å². The predicted molar refractivity (Wildman–Crippen MR) is 40.0 cm³/mol. The minimum Gasteiger partial charge on any atom is -0.389 e. The molecule has 5 atom stereocenters. The number of hydrogen-bond acceptors (Lipinski definition) is 4. The van der Waals surface area contributed by atoms with E-state index in [4.69, 9.17) is 10.5 Å². The van der Waals surface area contributed by atoms with Gasteiger partial charge in [0.2, 0.25) is 0 Å². The lowest BCUT2D eigenvalue weighted by atomic mass is 9.95. The molecule has 1 saturated heterocycles. The van der Waals surface area contributed by atoms with Crippen LogP contribution in [-0.4, -0.2) is 40.7 Å².